The number of Topliss-reactive ketones (excluding diaryl/α,β-unsaturated/α-hetero) is 1. The van der Waals surface area contributed by atoms with Crippen molar-refractivity contribution in [3.63, 3.8) is 0 Å². The fourth-order valence-corrected chi connectivity index (χ4v) is 7.32. The molecule has 12 nitrogen and oxygen atoms in total. The Hall–Kier alpha value is -3.41. The van der Waals surface area contributed by atoms with Gasteiger partial charge in [-0.15, -0.1) is 0 Å². The van der Waals surface area contributed by atoms with Gasteiger partial charge < -0.3 is 19.3 Å². The number of carbonyl (C=O) groups excluding carboxylic acids is 3. The van der Waals surface area contributed by atoms with E-state index in [-0.39, 0.29) is 39.5 Å². The Morgan fingerprint density at radius 3 is 2.30 bits per heavy atom. The zero-order chi connectivity index (χ0) is 31.1. The van der Waals surface area contributed by atoms with Crippen molar-refractivity contribution < 1.29 is 32.9 Å². The molecule has 1 aliphatic rings. The average Bonchev–Trinajstić information content (AvgIpc) is 3.45. The first-order chi connectivity index (χ1) is 20.5. The highest BCUT2D eigenvalue weighted by Crippen LogP contribution is 2.49. The van der Waals surface area contributed by atoms with E-state index in [1.807, 2.05) is 0 Å². The van der Waals surface area contributed by atoms with Gasteiger partial charge in [-0.3, -0.25) is 19.5 Å². The van der Waals surface area contributed by atoms with Crippen LogP contribution in [0.5, 0.6) is 11.5 Å². The van der Waals surface area contributed by atoms with Crippen LogP contribution in [0.3, 0.4) is 0 Å². The van der Waals surface area contributed by atoms with Crippen LogP contribution in [0.1, 0.15) is 46.2 Å². The summed E-state index contributed by atoms with van der Waals surface area (Å²) >= 11 is 12.3. The Balaban J connectivity index is 1.41. The molecule has 4 rings (SSSR count). The van der Waals surface area contributed by atoms with E-state index in [2.05, 4.69) is 20.6 Å². The Labute approximate surface area is 258 Å². The highest BCUT2D eigenvalue weighted by molar-refractivity contribution is 7.54. The molecule has 0 aliphatic carbocycles. The normalized spacial score (nSPS) is 16.1. The molecule has 1 aromatic heterocycles. The minimum atomic E-state index is -3.78. The number of hydrogen-bond acceptors (Lipinski definition) is 8. The number of ether oxygens (including phenoxy) is 2. The molecular weight excluding hydrogens is 620 g/mol. The van der Waals surface area contributed by atoms with Gasteiger partial charge in [-0.05, 0) is 56.2 Å². The number of nitrogens with zero attached hydrogens (tertiary/aromatic N) is 2. The van der Waals surface area contributed by atoms with Crippen LogP contribution >= 0.6 is 30.9 Å². The number of halogens is 2. The molecule has 1 amide bonds. The maximum Gasteiger partial charge on any atom is 0.393 e. The molecular formula is C28H32Cl2N5O7P. The van der Waals surface area contributed by atoms with E-state index < -0.39 is 25.6 Å². The molecule has 230 valence electrons. The van der Waals surface area contributed by atoms with E-state index in [1.54, 1.807) is 47.1 Å². The van der Waals surface area contributed by atoms with Crippen LogP contribution in [0, 0.1) is 0 Å². The Bertz CT molecular complexity index is 1490. The smallest absolute Gasteiger partial charge is 0.393 e. The van der Waals surface area contributed by atoms with Crippen molar-refractivity contribution in [2.45, 2.75) is 38.3 Å². The second kappa shape index (κ2) is 14.4. The van der Waals surface area contributed by atoms with Crippen LogP contribution in [0.25, 0.3) is 0 Å². The lowest BCUT2D eigenvalue weighted by Crippen LogP contribution is -2.47. The van der Waals surface area contributed by atoms with Gasteiger partial charge in [0.25, 0.3) is 5.91 Å². The number of piperidine rings is 1. The molecule has 2 heterocycles. The van der Waals surface area contributed by atoms with Gasteiger partial charge in [0.1, 0.15) is 23.2 Å². The number of rotatable bonds is 12. The molecule has 3 N–H and O–H groups in total. The van der Waals surface area contributed by atoms with Gasteiger partial charge in [0.2, 0.25) is 0 Å². The van der Waals surface area contributed by atoms with Gasteiger partial charge in [-0.1, -0.05) is 29.3 Å². The monoisotopic (exact) mass is 651 g/mol. The number of methoxy groups -OCH3 is 2. The average molecular weight is 652 g/mol. The zero-order valence-electron chi connectivity index (χ0n) is 23.8. The van der Waals surface area contributed by atoms with Crippen molar-refractivity contribution in [1.29, 1.82) is 0 Å². The van der Waals surface area contributed by atoms with E-state index in [9.17, 15) is 18.9 Å². The molecule has 3 aromatic rings. The number of aromatic nitrogens is 2. The number of ketones is 1. The third-order valence-electron chi connectivity index (χ3n) is 6.92. The summed E-state index contributed by atoms with van der Waals surface area (Å²) in [5.74, 6) is -0.443. The van der Waals surface area contributed by atoms with Crippen molar-refractivity contribution in [2.24, 2.45) is 0 Å². The first-order valence-electron chi connectivity index (χ1n) is 13.4. The van der Waals surface area contributed by atoms with Crippen molar-refractivity contribution in [3.05, 3.63) is 75.5 Å². The van der Waals surface area contributed by atoms with Crippen LogP contribution in [0.15, 0.2) is 48.7 Å². The molecule has 43 heavy (non-hydrogen) atoms. The predicted octanol–water partition coefficient (Wildman–Crippen LogP) is 4.68. The Morgan fingerprint density at radius 1 is 1.07 bits per heavy atom. The lowest BCUT2D eigenvalue weighted by molar-refractivity contribution is -0.142. The summed E-state index contributed by atoms with van der Waals surface area (Å²) < 4.78 is 31.7. The summed E-state index contributed by atoms with van der Waals surface area (Å²) in [4.78, 5) is 38.2. The third kappa shape index (κ3) is 7.95. The minimum Gasteiger partial charge on any atom is -0.497 e. The minimum absolute atomic E-state index is 0.128. The first-order valence-corrected chi connectivity index (χ1v) is 15.7. The molecule has 1 unspecified atom stereocenters. The van der Waals surface area contributed by atoms with Crippen molar-refractivity contribution in [1.82, 2.24) is 25.3 Å². The number of aromatic amines is 1. The fourth-order valence-electron chi connectivity index (χ4n) is 4.62. The standard InChI is InChI=1S/C28H32Cl2N5O7P/c1-17(28(38)41-3)34-43(39,42-21-9-7-20(40-2)8-10-21)35-13-11-19(12-14-35)32-27(37)26-18(16-31-33-26)15-24(36)25-22(29)5-4-6-23(25)30/h4-10,16-17,19H,11-15H2,1-3H3,(H,31,33)(H,32,37)(H,34,39)/t17-,43?/m0/s1. The van der Waals surface area contributed by atoms with Gasteiger partial charge in [-0.2, -0.15) is 5.10 Å². The van der Waals surface area contributed by atoms with Crippen LogP contribution in [-0.4, -0.2) is 71.9 Å². The van der Waals surface area contributed by atoms with Crippen LogP contribution < -0.4 is 19.7 Å². The largest absolute Gasteiger partial charge is 0.497 e. The number of H-pyrrole nitrogens is 1. The maximum atomic E-state index is 14.2. The second-order valence-corrected chi connectivity index (χ2v) is 12.7. The van der Waals surface area contributed by atoms with E-state index in [0.29, 0.717) is 43.0 Å². The Morgan fingerprint density at radius 2 is 1.70 bits per heavy atom. The SMILES string of the molecule is COC(=O)[C@H](C)NP(=O)(Oc1ccc(OC)cc1)N1CCC(NC(=O)c2[nH]ncc2CC(=O)c2c(Cl)cccc2Cl)CC1. The molecule has 1 fully saturated rings. The highest BCUT2D eigenvalue weighted by atomic mass is 35.5. The van der Waals surface area contributed by atoms with Crippen molar-refractivity contribution in [3.8, 4) is 11.5 Å². The second-order valence-electron chi connectivity index (χ2n) is 9.83. The molecule has 0 spiro atoms. The van der Waals surface area contributed by atoms with Gasteiger partial charge in [0.05, 0.1) is 36.0 Å². The van der Waals surface area contributed by atoms with Gasteiger partial charge in [0.15, 0.2) is 5.78 Å². The van der Waals surface area contributed by atoms with E-state index in [1.165, 1.54) is 27.3 Å². The fraction of sp³-hybridized carbons (Fsp3) is 0.357. The summed E-state index contributed by atoms with van der Waals surface area (Å²) in [6.45, 7) is 2.12. The molecule has 0 saturated carbocycles. The number of nitrogens with one attached hydrogen (secondary N) is 3. The molecule has 1 saturated heterocycles. The quantitative estimate of drug-likeness (QED) is 0.143. The molecule has 2 aromatic carbocycles. The Kier molecular flexibility index (Phi) is 10.9. The van der Waals surface area contributed by atoms with E-state index in [4.69, 9.17) is 37.2 Å². The summed E-state index contributed by atoms with van der Waals surface area (Å²) in [6.07, 6.45) is 2.17. The summed E-state index contributed by atoms with van der Waals surface area (Å²) in [5.41, 5.74) is 0.734. The summed E-state index contributed by atoms with van der Waals surface area (Å²) in [6, 6.07) is 10.2. The van der Waals surface area contributed by atoms with Crippen molar-refractivity contribution >= 4 is 48.5 Å². The topological polar surface area (TPSA) is 152 Å². The maximum absolute atomic E-state index is 14.2. The first kappa shape index (κ1) is 32.5. The molecule has 15 heteroatoms. The van der Waals surface area contributed by atoms with Crippen LogP contribution in [0.4, 0.5) is 0 Å². The molecule has 0 radical (unpaired) electrons. The van der Waals surface area contributed by atoms with Gasteiger partial charge >= 0.3 is 13.6 Å². The van der Waals surface area contributed by atoms with Crippen molar-refractivity contribution in [2.75, 3.05) is 27.3 Å². The highest BCUT2D eigenvalue weighted by Gasteiger charge is 2.39. The van der Waals surface area contributed by atoms with E-state index >= 15 is 0 Å². The number of hydrogen-bond donors (Lipinski definition) is 3. The number of amides is 1. The summed E-state index contributed by atoms with van der Waals surface area (Å²) in [7, 11) is -0.999. The van der Waals surface area contributed by atoms with E-state index in [0.717, 1.165) is 0 Å². The van der Waals surface area contributed by atoms with Gasteiger partial charge in [-0.25, -0.2) is 14.3 Å². The molecule has 0 bridgehead atoms. The lowest BCUT2D eigenvalue weighted by Gasteiger charge is -2.37. The molecule has 2 atom stereocenters. The number of carbonyl (C=O) groups is 3. The number of esters is 1. The predicted molar refractivity (Wildman–Crippen MR) is 161 cm³/mol. The van der Waals surface area contributed by atoms with Gasteiger partial charge in [0, 0.05) is 31.1 Å². The van der Waals surface area contributed by atoms with Crippen LogP contribution in [0.2, 0.25) is 10.0 Å². The molecule has 1 aliphatic heterocycles. The van der Waals surface area contributed by atoms with Crippen LogP contribution in [-0.2, 0) is 20.5 Å². The number of benzene rings is 2. The zero-order valence-corrected chi connectivity index (χ0v) is 26.2. The lowest BCUT2D eigenvalue weighted by atomic mass is 10.0. The summed E-state index contributed by atoms with van der Waals surface area (Å²) in [5, 5.41) is 12.8. The third-order valence-corrected chi connectivity index (χ3v) is 9.86.